The van der Waals surface area contributed by atoms with E-state index in [4.69, 9.17) is 16.7 Å². The molecule has 1 rings (SSSR count). The van der Waals surface area contributed by atoms with E-state index in [0.29, 0.717) is 18.0 Å². The van der Waals surface area contributed by atoms with Crippen LogP contribution in [0.25, 0.3) is 0 Å². The van der Waals surface area contributed by atoms with Gasteiger partial charge in [-0.1, -0.05) is 25.4 Å². The van der Waals surface area contributed by atoms with Gasteiger partial charge >= 0.3 is 5.97 Å². The highest BCUT2D eigenvalue weighted by molar-refractivity contribution is 6.33. The first-order chi connectivity index (χ1) is 9.40. The van der Waals surface area contributed by atoms with Crippen LogP contribution in [0.5, 0.6) is 0 Å². The lowest BCUT2D eigenvalue weighted by molar-refractivity contribution is -0.138. The number of aromatic nitrogens is 1. The van der Waals surface area contributed by atoms with Crippen LogP contribution in [0.2, 0.25) is 5.02 Å². The molecule has 1 aromatic heterocycles. The van der Waals surface area contributed by atoms with Gasteiger partial charge in [-0.3, -0.25) is 14.6 Å². The van der Waals surface area contributed by atoms with Gasteiger partial charge in [0.2, 0.25) is 0 Å². The van der Waals surface area contributed by atoms with Crippen molar-refractivity contribution >= 4 is 23.5 Å². The van der Waals surface area contributed by atoms with Gasteiger partial charge < -0.3 is 10.4 Å². The molecular weight excluding hydrogens is 280 g/mol. The molecule has 0 aromatic carbocycles. The summed E-state index contributed by atoms with van der Waals surface area (Å²) >= 11 is 5.89. The van der Waals surface area contributed by atoms with Gasteiger partial charge in [0.1, 0.15) is 0 Å². The minimum Gasteiger partial charge on any atom is -0.481 e. The second-order valence-corrected chi connectivity index (χ2v) is 5.57. The number of hydrogen-bond acceptors (Lipinski definition) is 3. The van der Waals surface area contributed by atoms with Crippen LogP contribution in [-0.2, 0) is 4.79 Å². The van der Waals surface area contributed by atoms with Crippen molar-refractivity contribution in [3.63, 3.8) is 0 Å². The molecule has 0 aliphatic rings. The normalized spacial score (nSPS) is 12.2. The number of hydrogen-bond donors (Lipinski definition) is 2. The van der Waals surface area contributed by atoms with E-state index in [0.717, 1.165) is 6.42 Å². The monoisotopic (exact) mass is 298 g/mol. The Kier molecular flexibility index (Phi) is 6.45. The number of rotatable bonds is 7. The fourth-order valence-electron chi connectivity index (χ4n) is 2.04. The summed E-state index contributed by atoms with van der Waals surface area (Å²) in [5.41, 5.74) is 0.347. The van der Waals surface area contributed by atoms with Crippen molar-refractivity contribution in [2.75, 3.05) is 6.54 Å². The van der Waals surface area contributed by atoms with Crippen LogP contribution in [-0.4, -0.2) is 28.5 Å². The number of carboxylic acid groups (broad SMARTS) is 1. The quantitative estimate of drug-likeness (QED) is 0.811. The molecule has 1 amide bonds. The van der Waals surface area contributed by atoms with E-state index in [1.165, 1.54) is 18.5 Å². The summed E-state index contributed by atoms with van der Waals surface area (Å²) in [6, 6.07) is 1.53. The second kappa shape index (κ2) is 7.85. The molecule has 0 saturated heterocycles. The Hall–Kier alpha value is -1.62. The highest BCUT2D eigenvalue weighted by Crippen LogP contribution is 2.16. The van der Waals surface area contributed by atoms with Crippen molar-refractivity contribution in [3.05, 3.63) is 29.0 Å². The van der Waals surface area contributed by atoms with Gasteiger partial charge in [-0.05, 0) is 24.3 Å². The lowest BCUT2D eigenvalue weighted by atomic mass is 9.94. The van der Waals surface area contributed by atoms with Crippen LogP contribution in [0.3, 0.4) is 0 Å². The number of halogens is 1. The molecule has 110 valence electrons. The van der Waals surface area contributed by atoms with Gasteiger partial charge in [-0.25, -0.2) is 0 Å². The Morgan fingerprint density at radius 3 is 2.70 bits per heavy atom. The van der Waals surface area contributed by atoms with Crippen molar-refractivity contribution in [1.82, 2.24) is 10.3 Å². The SMILES string of the molecule is CC(C)CC(CNC(=O)c1ccncc1Cl)CC(=O)O. The van der Waals surface area contributed by atoms with Gasteiger partial charge in [0.25, 0.3) is 5.91 Å². The number of carbonyl (C=O) groups excluding carboxylic acids is 1. The minimum atomic E-state index is -0.855. The molecule has 6 heteroatoms. The highest BCUT2D eigenvalue weighted by atomic mass is 35.5. The maximum Gasteiger partial charge on any atom is 0.303 e. The summed E-state index contributed by atoms with van der Waals surface area (Å²) < 4.78 is 0. The van der Waals surface area contributed by atoms with E-state index in [1.54, 1.807) is 0 Å². The van der Waals surface area contributed by atoms with E-state index in [9.17, 15) is 9.59 Å². The van der Waals surface area contributed by atoms with E-state index >= 15 is 0 Å². The average molecular weight is 299 g/mol. The van der Waals surface area contributed by atoms with Gasteiger partial charge in [0, 0.05) is 25.4 Å². The Morgan fingerprint density at radius 2 is 2.15 bits per heavy atom. The molecule has 0 aliphatic heterocycles. The molecule has 5 nitrogen and oxygen atoms in total. The molecule has 1 aromatic rings. The minimum absolute atomic E-state index is 0.0442. The number of carbonyl (C=O) groups is 2. The number of amides is 1. The van der Waals surface area contributed by atoms with Crippen molar-refractivity contribution in [3.8, 4) is 0 Å². The number of nitrogens with zero attached hydrogens (tertiary/aromatic N) is 1. The van der Waals surface area contributed by atoms with E-state index in [2.05, 4.69) is 10.3 Å². The van der Waals surface area contributed by atoms with Crippen molar-refractivity contribution in [2.45, 2.75) is 26.7 Å². The van der Waals surface area contributed by atoms with E-state index in [-0.39, 0.29) is 23.3 Å². The molecule has 1 heterocycles. The largest absolute Gasteiger partial charge is 0.481 e. The standard InChI is InChI=1S/C14H19ClN2O3/c1-9(2)5-10(6-13(18)19)7-17-14(20)11-3-4-16-8-12(11)15/h3-4,8-10H,5-7H2,1-2H3,(H,17,20)(H,18,19). The Labute approximate surface area is 123 Å². The van der Waals surface area contributed by atoms with Crippen molar-refractivity contribution in [2.24, 2.45) is 11.8 Å². The maximum atomic E-state index is 12.0. The molecule has 1 unspecified atom stereocenters. The molecule has 0 aliphatic carbocycles. The lowest BCUT2D eigenvalue weighted by Crippen LogP contribution is -2.31. The van der Waals surface area contributed by atoms with Crippen LogP contribution in [0.1, 0.15) is 37.0 Å². The molecule has 20 heavy (non-hydrogen) atoms. The van der Waals surface area contributed by atoms with E-state index < -0.39 is 5.97 Å². The zero-order chi connectivity index (χ0) is 15.1. The first-order valence-corrected chi connectivity index (χ1v) is 6.87. The predicted octanol–water partition coefficient (Wildman–Crippen LogP) is 2.60. The van der Waals surface area contributed by atoms with Gasteiger partial charge in [-0.15, -0.1) is 0 Å². The van der Waals surface area contributed by atoms with Crippen LogP contribution in [0, 0.1) is 11.8 Å². The number of pyridine rings is 1. The number of carboxylic acids is 1. The van der Waals surface area contributed by atoms with Gasteiger partial charge in [0.15, 0.2) is 0 Å². The Bertz CT molecular complexity index is 477. The Balaban J connectivity index is 2.60. The summed E-state index contributed by atoms with van der Waals surface area (Å²) in [5.74, 6) is -0.874. The fourth-order valence-corrected chi connectivity index (χ4v) is 2.25. The molecule has 1 atom stereocenters. The van der Waals surface area contributed by atoms with Crippen LogP contribution >= 0.6 is 11.6 Å². The second-order valence-electron chi connectivity index (χ2n) is 5.16. The van der Waals surface area contributed by atoms with Crippen LogP contribution in [0.4, 0.5) is 0 Å². The molecule has 0 fully saturated rings. The fraction of sp³-hybridized carbons (Fsp3) is 0.500. The number of aliphatic carboxylic acids is 1. The molecule has 0 radical (unpaired) electrons. The summed E-state index contributed by atoms with van der Waals surface area (Å²) in [7, 11) is 0. The maximum absolute atomic E-state index is 12.0. The smallest absolute Gasteiger partial charge is 0.303 e. The third-order valence-corrected chi connectivity index (χ3v) is 3.14. The number of nitrogens with one attached hydrogen (secondary N) is 1. The van der Waals surface area contributed by atoms with Gasteiger partial charge in [0.05, 0.1) is 10.6 Å². The van der Waals surface area contributed by atoms with E-state index in [1.807, 2.05) is 13.8 Å². The first-order valence-electron chi connectivity index (χ1n) is 6.49. The predicted molar refractivity (Wildman–Crippen MR) is 76.8 cm³/mol. The topological polar surface area (TPSA) is 79.3 Å². The zero-order valence-electron chi connectivity index (χ0n) is 11.6. The third kappa shape index (κ3) is 5.57. The first kappa shape index (κ1) is 16.4. The summed E-state index contributed by atoms with van der Waals surface area (Å²) in [5, 5.41) is 11.9. The molecular formula is C14H19ClN2O3. The molecule has 2 N–H and O–H groups in total. The highest BCUT2D eigenvalue weighted by Gasteiger charge is 2.17. The van der Waals surface area contributed by atoms with Crippen molar-refractivity contribution in [1.29, 1.82) is 0 Å². The van der Waals surface area contributed by atoms with Crippen LogP contribution < -0.4 is 5.32 Å². The molecule has 0 bridgehead atoms. The molecule has 0 spiro atoms. The molecule has 0 saturated carbocycles. The van der Waals surface area contributed by atoms with Crippen molar-refractivity contribution < 1.29 is 14.7 Å². The average Bonchev–Trinajstić information content (AvgIpc) is 2.34. The summed E-state index contributed by atoms with van der Waals surface area (Å²) in [4.78, 5) is 26.6. The van der Waals surface area contributed by atoms with Crippen LogP contribution in [0.15, 0.2) is 18.5 Å². The third-order valence-electron chi connectivity index (χ3n) is 2.84. The van der Waals surface area contributed by atoms with Gasteiger partial charge in [-0.2, -0.15) is 0 Å². The Morgan fingerprint density at radius 1 is 1.45 bits per heavy atom. The lowest BCUT2D eigenvalue weighted by Gasteiger charge is -2.18. The zero-order valence-corrected chi connectivity index (χ0v) is 12.4. The summed E-state index contributed by atoms with van der Waals surface area (Å²) in [6.45, 7) is 4.37. The summed E-state index contributed by atoms with van der Waals surface area (Å²) in [6.07, 6.45) is 3.68.